The summed E-state index contributed by atoms with van der Waals surface area (Å²) in [5, 5.41) is 7.66. The standard InChI is InChI=1S/C12H24N4O/c1-4-8-13-11(9-17-3)6-7-12-14-10-15-16(12)5-2/h10-11,13H,4-9H2,1-3H3. The predicted molar refractivity (Wildman–Crippen MR) is 68.0 cm³/mol. The van der Waals surface area contributed by atoms with Crippen LogP contribution in [0.4, 0.5) is 0 Å². The average Bonchev–Trinajstić information content (AvgIpc) is 2.80. The van der Waals surface area contributed by atoms with E-state index in [9.17, 15) is 0 Å². The summed E-state index contributed by atoms with van der Waals surface area (Å²) in [6.45, 7) is 6.92. The van der Waals surface area contributed by atoms with Crippen molar-refractivity contribution in [3.63, 3.8) is 0 Å². The quantitative estimate of drug-likeness (QED) is 0.705. The second-order valence-electron chi connectivity index (χ2n) is 4.14. The van der Waals surface area contributed by atoms with Crippen molar-refractivity contribution < 1.29 is 4.74 Å². The number of methoxy groups -OCH3 is 1. The van der Waals surface area contributed by atoms with Crippen LogP contribution in [0.15, 0.2) is 6.33 Å². The molecule has 98 valence electrons. The SMILES string of the molecule is CCCNC(CCc1ncnn1CC)COC. The first-order valence-electron chi connectivity index (χ1n) is 6.40. The minimum absolute atomic E-state index is 0.405. The van der Waals surface area contributed by atoms with Gasteiger partial charge in [0, 0.05) is 26.1 Å². The summed E-state index contributed by atoms with van der Waals surface area (Å²) >= 11 is 0. The highest BCUT2D eigenvalue weighted by Gasteiger charge is 2.10. The molecular weight excluding hydrogens is 216 g/mol. The van der Waals surface area contributed by atoms with Gasteiger partial charge < -0.3 is 10.1 Å². The molecule has 0 saturated heterocycles. The van der Waals surface area contributed by atoms with Gasteiger partial charge in [-0.05, 0) is 26.3 Å². The number of rotatable bonds is 9. The van der Waals surface area contributed by atoms with Crippen LogP contribution in [0.5, 0.6) is 0 Å². The minimum atomic E-state index is 0.405. The number of nitrogens with one attached hydrogen (secondary N) is 1. The van der Waals surface area contributed by atoms with E-state index >= 15 is 0 Å². The van der Waals surface area contributed by atoms with Gasteiger partial charge in [-0.3, -0.25) is 4.68 Å². The molecule has 1 atom stereocenters. The van der Waals surface area contributed by atoms with Gasteiger partial charge in [-0.15, -0.1) is 0 Å². The van der Waals surface area contributed by atoms with E-state index in [2.05, 4.69) is 29.2 Å². The van der Waals surface area contributed by atoms with E-state index in [-0.39, 0.29) is 0 Å². The largest absolute Gasteiger partial charge is 0.383 e. The molecule has 0 amide bonds. The van der Waals surface area contributed by atoms with Crippen molar-refractivity contribution in [2.45, 2.75) is 45.7 Å². The van der Waals surface area contributed by atoms with E-state index in [0.717, 1.165) is 44.8 Å². The van der Waals surface area contributed by atoms with Crippen molar-refractivity contribution in [2.75, 3.05) is 20.3 Å². The van der Waals surface area contributed by atoms with Crippen molar-refractivity contribution in [3.05, 3.63) is 12.2 Å². The maximum absolute atomic E-state index is 5.22. The number of aromatic nitrogens is 3. The van der Waals surface area contributed by atoms with E-state index in [1.165, 1.54) is 0 Å². The first-order chi connectivity index (χ1) is 8.31. The highest BCUT2D eigenvalue weighted by atomic mass is 16.5. The molecule has 0 aromatic carbocycles. The van der Waals surface area contributed by atoms with Crippen LogP contribution in [0.3, 0.4) is 0 Å². The van der Waals surface area contributed by atoms with Gasteiger partial charge in [0.05, 0.1) is 6.61 Å². The molecule has 1 aromatic heterocycles. The molecule has 0 aliphatic carbocycles. The Morgan fingerprint density at radius 1 is 1.47 bits per heavy atom. The molecule has 0 aliphatic heterocycles. The smallest absolute Gasteiger partial charge is 0.138 e. The van der Waals surface area contributed by atoms with Crippen LogP contribution in [0.1, 0.15) is 32.5 Å². The van der Waals surface area contributed by atoms with Crippen LogP contribution >= 0.6 is 0 Å². The van der Waals surface area contributed by atoms with Crippen molar-refractivity contribution in [1.29, 1.82) is 0 Å². The fraction of sp³-hybridized carbons (Fsp3) is 0.833. The van der Waals surface area contributed by atoms with E-state index in [1.54, 1.807) is 13.4 Å². The molecule has 1 heterocycles. The molecular formula is C12H24N4O. The Kier molecular flexibility index (Phi) is 6.81. The van der Waals surface area contributed by atoms with Crippen molar-refractivity contribution in [3.8, 4) is 0 Å². The number of aryl methyl sites for hydroxylation is 2. The molecule has 0 fully saturated rings. The zero-order valence-electron chi connectivity index (χ0n) is 11.1. The van der Waals surface area contributed by atoms with Crippen LogP contribution < -0.4 is 5.32 Å². The Balaban J connectivity index is 2.39. The van der Waals surface area contributed by atoms with Gasteiger partial charge >= 0.3 is 0 Å². The second-order valence-corrected chi connectivity index (χ2v) is 4.14. The topological polar surface area (TPSA) is 52.0 Å². The Bertz CT molecular complexity index is 300. The molecule has 5 heteroatoms. The van der Waals surface area contributed by atoms with Gasteiger partial charge in [0.15, 0.2) is 0 Å². The lowest BCUT2D eigenvalue weighted by atomic mass is 10.1. The molecule has 0 radical (unpaired) electrons. The monoisotopic (exact) mass is 240 g/mol. The summed E-state index contributed by atoms with van der Waals surface area (Å²) in [6, 6.07) is 0.405. The van der Waals surface area contributed by atoms with E-state index in [1.807, 2.05) is 4.68 Å². The first kappa shape index (κ1) is 14.1. The van der Waals surface area contributed by atoms with Crippen LogP contribution in [-0.4, -0.2) is 41.1 Å². The highest BCUT2D eigenvalue weighted by Crippen LogP contribution is 2.03. The van der Waals surface area contributed by atoms with Crippen LogP contribution in [0.2, 0.25) is 0 Å². The molecule has 0 spiro atoms. The Morgan fingerprint density at radius 3 is 2.94 bits per heavy atom. The Hall–Kier alpha value is -0.940. The van der Waals surface area contributed by atoms with E-state index in [0.29, 0.717) is 6.04 Å². The summed E-state index contributed by atoms with van der Waals surface area (Å²) in [4.78, 5) is 4.28. The van der Waals surface area contributed by atoms with Gasteiger partial charge in [-0.1, -0.05) is 6.92 Å². The molecule has 1 rings (SSSR count). The molecule has 0 saturated carbocycles. The summed E-state index contributed by atoms with van der Waals surface area (Å²) in [7, 11) is 1.75. The van der Waals surface area contributed by atoms with Gasteiger partial charge in [0.2, 0.25) is 0 Å². The molecule has 0 bridgehead atoms. The van der Waals surface area contributed by atoms with Crippen molar-refractivity contribution >= 4 is 0 Å². The average molecular weight is 240 g/mol. The highest BCUT2D eigenvalue weighted by molar-refractivity contribution is 4.86. The summed E-state index contributed by atoms with van der Waals surface area (Å²) in [5.41, 5.74) is 0. The van der Waals surface area contributed by atoms with Gasteiger partial charge in [0.25, 0.3) is 0 Å². The molecule has 1 N–H and O–H groups in total. The molecule has 0 aliphatic rings. The van der Waals surface area contributed by atoms with Gasteiger partial charge in [-0.2, -0.15) is 5.10 Å². The molecule has 17 heavy (non-hydrogen) atoms. The van der Waals surface area contributed by atoms with Gasteiger partial charge in [0.1, 0.15) is 12.2 Å². The maximum Gasteiger partial charge on any atom is 0.138 e. The number of ether oxygens (including phenoxy) is 1. The predicted octanol–water partition coefficient (Wildman–Crippen LogP) is 1.25. The Morgan fingerprint density at radius 2 is 2.29 bits per heavy atom. The summed E-state index contributed by atoms with van der Waals surface area (Å²) < 4.78 is 7.17. The van der Waals surface area contributed by atoms with E-state index in [4.69, 9.17) is 4.74 Å². The lowest BCUT2D eigenvalue weighted by Gasteiger charge is -2.17. The number of nitrogens with zero attached hydrogens (tertiary/aromatic N) is 3. The third-order valence-corrected chi connectivity index (χ3v) is 2.76. The van der Waals surface area contributed by atoms with Crippen molar-refractivity contribution in [1.82, 2.24) is 20.1 Å². The maximum atomic E-state index is 5.22. The van der Waals surface area contributed by atoms with Crippen molar-refractivity contribution in [2.24, 2.45) is 0 Å². The number of hydrogen-bond acceptors (Lipinski definition) is 4. The molecule has 5 nitrogen and oxygen atoms in total. The van der Waals surface area contributed by atoms with Crippen LogP contribution in [0.25, 0.3) is 0 Å². The van der Waals surface area contributed by atoms with Crippen LogP contribution in [-0.2, 0) is 17.7 Å². The third kappa shape index (κ3) is 4.83. The summed E-state index contributed by atoms with van der Waals surface area (Å²) in [5.74, 6) is 1.06. The second kappa shape index (κ2) is 8.20. The third-order valence-electron chi connectivity index (χ3n) is 2.76. The normalized spacial score (nSPS) is 12.9. The lowest BCUT2D eigenvalue weighted by Crippen LogP contribution is -2.34. The zero-order valence-corrected chi connectivity index (χ0v) is 11.1. The lowest BCUT2D eigenvalue weighted by molar-refractivity contribution is 0.162. The fourth-order valence-corrected chi connectivity index (χ4v) is 1.84. The number of hydrogen-bond donors (Lipinski definition) is 1. The van der Waals surface area contributed by atoms with E-state index < -0.39 is 0 Å². The zero-order chi connectivity index (χ0) is 12.5. The molecule has 1 aromatic rings. The Labute approximate surface area is 104 Å². The van der Waals surface area contributed by atoms with Crippen LogP contribution in [0, 0.1) is 0 Å². The molecule has 1 unspecified atom stereocenters. The van der Waals surface area contributed by atoms with Gasteiger partial charge in [-0.25, -0.2) is 4.98 Å². The minimum Gasteiger partial charge on any atom is -0.383 e. The summed E-state index contributed by atoms with van der Waals surface area (Å²) in [6.07, 6.45) is 4.75. The first-order valence-corrected chi connectivity index (χ1v) is 6.40. The fourth-order valence-electron chi connectivity index (χ4n) is 1.84.